The fraction of sp³-hybridized carbons (Fsp3) is 0.222. The second kappa shape index (κ2) is 7.56. The Labute approximate surface area is 161 Å². The quantitative estimate of drug-likeness (QED) is 0.703. The highest BCUT2D eigenvalue weighted by molar-refractivity contribution is 7.89. The molecule has 28 heavy (non-hydrogen) atoms. The number of hydrogen-bond donors (Lipinski definition) is 1. The minimum absolute atomic E-state index is 0.0580. The maximum absolute atomic E-state index is 13.2. The standard InChI is InChI=1S/C18H17FN6O2S/c19-13-3-5-14(6-4-13)28(26,27)25-9-1-2-16(25)15-10-21-12-18(23-15)24-17-11-20-7-8-22-17/h3-8,10-12,16H,1-2,9H2,(H,22,23,24). The number of nitrogens with one attached hydrogen (secondary N) is 1. The Balaban J connectivity index is 1.61. The van der Waals surface area contributed by atoms with Crippen LogP contribution in [0.4, 0.5) is 16.0 Å². The molecule has 2 aromatic heterocycles. The van der Waals surface area contributed by atoms with Crippen molar-refractivity contribution in [3.05, 3.63) is 66.8 Å². The van der Waals surface area contributed by atoms with Gasteiger partial charge in [0.15, 0.2) is 0 Å². The van der Waals surface area contributed by atoms with Gasteiger partial charge in [-0.3, -0.25) is 9.97 Å². The van der Waals surface area contributed by atoms with E-state index in [1.165, 1.54) is 22.6 Å². The Morgan fingerprint density at radius 3 is 2.57 bits per heavy atom. The number of nitrogens with zero attached hydrogens (tertiary/aromatic N) is 5. The highest BCUT2D eigenvalue weighted by Gasteiger charge is 2.37. The number of hydrogen-bond acceptors (Lipinski definition) is 7. The van der Waals surface area contributed by atoms with Crippen molar-refractivity contribution < 1.29 is 12.8 Å². The maximum Gasteiger partial charge on any atom is 0.243 e. The Hall–Kier alpha value is -2.98. The first-order valence-corrected chi connectivity index (χ1v) is 10.1. The summed E-state index contributed by atoms with van der Waals surface area (Å²) in [5, 5.41) is 3.00. The van der Waals surface area contributed by atoms with Crippen molar-refractivity contribution in [2.24, 2.45) is 0 Å². The van der Waals surface area contributed by atoms with Crippen molar-refractivity contribution in [3.63, 3.8) is 0 Å². The van der Waals surface area contributed by atoms with Gasteiger partial charge >= 0.3 is 0 Å². The first-order chi connectivity index (χ1) is 13.5. The van der Waals surface area contributed by atoms with Crippen molar-refractivity contribution in [1.29, 1.82) is 0 Å². The SMILES string of the molecule is O=S(=O)(c1ccc(F)cc1)N1CCCC1c1cncc(Nc2cnccn2)n1. The number of halogens is 1. The van der Waals surface area contributed by atoms with E-state index in [2.05, 4.69) is 25.3 Å². The van der Waals surface area contributed by atoms with Gasteiger partial charge in [0.1, 0.15) is 17.5 Å². The first-order valence-electron chi connectivity index (χ1n) is 8.66. The number of aromatic nitrogens is 4. The molecule has 1 unspecified atom stereocenters. The average Bonchev–Trinajstić information content (AvgIpc) is 3.20. The number of sulfonamides is 1. The van der Waals surface area contributed by atoms with E-state index in [9.17, 15) is 12.8 Å². The molecule has 4 rings (SSSR count). The van der Waals surface area contributed by atoms with Gasteiger partial charge in [0.05, 0.1) is 35.2 Å². The maximum atomic E-state index is 13.2. The zero-order valence-corrected chi connectivity index (χ0v) is 15.6. The summed E-state index contributed by atoms with van der Waals surface area (Å²) in [5.41, 5.74) is 0.539. The Kier molecular flexibility index (Phi) is 4.97. The highest BCUT2D eigenvalue weighted by Crippen LogP contribution is 2.35. The molecule has 1 N–H and O–H groups in total. The molecule has 0 aliphatic carbocycles. The summed E-state index contributed by atoms with van der Waals surface area (Å²) in [6, 6.07) is 4.40. The van der Waals surface area contributed by atoms with Crippen LogP contribution in [0.5, 0.6) is 0 Å². The molecule has 8 nitrogen and oxygen atoms in total. The van der Waals surface area contributed by atoms with Crippen LogP contribution in [0, 0.1) is 5.82 Å². The molecule has 10 heteroatoms. The van der Waals surface area contributed by atoms with Crippen molar-refractivity contribution in [2.45, 2.75) is 23.8 Å². The molecule has 0 spiro atoms. The summed E-state index contributed by atoms with van der Waals surface area (Å²) in [4.78, 5) is 16.9. The largest absolute Gasteiger partial charge is 0.322 e. The van der Waals surface area contributed by atoms with Crippen molar-refractivity contribution in [3.8, 4) is 0 Å². The molecule has 1 aliphatic rings. The second-order valence-corrected chi connectivity index (χ2v) is 8.16. The molecule has 0 saturated carbocycles. The van der Waals surface area contributed by atoms with E-state index in [0.29, 0.717) is 36.7 Å². The van der Waals surface area contributed by atoms with E-state index in [4.69, 9.17) is 0 Å². The molecule has 1 fully saturated rings. The van der Waals surface area contributed by atoms with Crippen LogP contribution in [0.2, 0.25) is 0 Å². The van der Waals surface area contributed by atoms with Crippen LogP contribution in [-0.4, -0.2) is 39.2 Å². The van der Waals surface area contributed by atoms with Gasteiger partial charge in [-0.2, -0.15) is 4.31 Å². The topological polar surface area (TPSA) is 101 Å². The van der Waals surface area contributed by atoms with E-state index in [-0.39, 0.29) is 4.90 Å². The lowest BCUT2D eigenvalue weighted by molar-refractivity contribution is 0.390. The molecule has 1 saturated heterocycles. The van der Waals surface area contributed by atoms with E-state index in [1.54, 1.807) is 24.8 Å². The number of benzene rings is 1. The average molecular weight is 400 g/mol. The van der Waals surface area contributed by atoms with Gasteiger partial charge in [0.25, 0.3) is 0 Å². The fourth-order valence-corrected chi connectivity index (χ4v) is 4.83. The lowest BCUT2D eigenvalue weighted by atomic mass is 10.2. The van der Waals surface area contributed by atoms with Gasteiger partial charge in [-0.25, -0.2) is 22.8 Å². The monoisotopic (exact) mass is 400 g/mol. The zero-order valence-electron chi connectivity index (χ0n) is 14.7. The van der Waals surface area contributed by atoms with Crippen LogP contribution < -0.4 is 5.32 Å². The van der Waals surface area contributed by atoms with Crippen LogP contribution in [-0.2, 0) is 10.0 Å². The normalized spacial score (nSPS) is 17.5. The molecule has 0 amide bonds. The van der Waals surface area contributed by atoms with Gasteiger partial charge in [0, 0.05) is 18.9 Å². The van der Waals surface area contributed by atoms with E-state index in [0.717, 1.165) is 12.1 Å². The number of anilines is 2. The third-order valence-corrected chi connectivity index (χ3v) is 6.36. The molecule has 1 aliphatic heterocycles. The predicted molar refractivity (Wildman–Crippen MR) is 99.6 cm³/mol. The molecule has 144 valence electrons. The van der Waals surface area contributed by atoms with Gasteiger partial charge < -0.3 is 5.32 Å². The Bertz CT molecular complexity index is 1060. The highest BCUT2D eigenvalue weighted by atomic mass is 32.2. The first kappa shape index (κ1) is 18.4. The molecule has 3 heterocycles. The second-order valence-electron chi connectivity index (χ2n) is 6.27. The zero-order chi connectivity index (χ0) is 19.6. The van der Waals surface area contributed by atoms with Crippen LogP contribution >= 0.6 is 0 Å². The molecule has 3 aromatic rings. The molecule has 1 aromatic carbocycles. The molecule has 0 bridgehead atoms. The minimum Gasteiger partial charge on any atom is -0.322 e. The van der Waals surface area contributed by atoms with Gasteiger partial charge in [-0.05, 0) is 37.1 Å². The lowest BCUT2D eigenvalue weighted by Gasteiger charge is -2.23. The fourth-order valence-electron chi connectivity index (χ4n) is 3.16. The van der Waals surface area contributed by atoms with Crippen LogP contribution in [0.25, 0.3) is 0 Å². The summed E-state index contributed by atoms with van der Waals surface area (Å²) in [7, 11) is -3.77. The Morgan fingerprint density at radius 2 is 1.82 bits per heavy atom. The van der Waals surface area contributed by atoms with Crippen LogP contribution in [0.3, 0.4) is 0 Å². The minimum atomic E-state index is -3.77. The van der Waals surface area contributed by atoms with E-state index in [1.807, 2.05) is 0 Å². The van der Waals surface area contributed by atoms with Crippen molar-refractivity contribution >= 4 is 21.7 Å². The van der Waals surface area contributed by atoms with Crippen LogP contribution in [0.1, 0.15) is 24.6 Å². The molecular formula is C18H17FN6O2S. The van der Waals surface area contributed by atoms with Gasteiger partial charge in [-0.15, -0.1) is 0 Å². The molecule has 1 atom stereocenters. The van der Waals surface area contributed by atoms with E-state index >= 15 is 0 Å². The van der Waals surface area contributed by atoms with Crippen LogP contribution in [0.15, 0.2) is 60.1 Å². The number of rotatable bonds is 5. The van der Waals surface area contributed by atoms with Crippen molar-refractivity contribution in [2.75, 3.05) is 11.9 Å². The third-order valence-electron chi connectivity index (χ3n) is 4.44. The lowest BCUT2D eigenvalue weighted by Crippen LogP contribution is -2.31. The summed E-state index contributed by atoms with van der Waals surface area (Å²) in [5.74, 6) is 0.478. The predicted octanol–water partition coefficient (Wildman–Crippen LogP) is 2.68. The Morgan fingerprint density at radius 1 is 1.04 bits per heavy atom. The third kappa shape index (κ3) is 3.69. The van der Waals surface area contributed by atoms with Crippen molar-refractivity contribution in [1.82, 2.24) is 24.2 Å². The summed E-state index contributed by atoms with van der Waals surface area (Å²) >= 11 is 0. The molecule has 0 radical (unpaired) electrons. The van der Waals surface area contributed by atoms with Gasteiger partial charge in [0.2, 0.25) is 10.0 Å². The summed E-state index contributed by atoms with van der Waals surface area (Å²) in [6.45, 7) is 0.369. The van der Waals surface area contributed by atoms with E-state index < -0.39 is 21.9 Å². The summed E-state index contributed by atoms with van der Waals surface area (Å²) < 4.78 is 40.6. The summed E-state index contributed by atoms with van der Waals surface area (Å²) in [6.07, 6.45) is 9.09. The molecular weight excluding hydrogens is 383 g/mol. The smallest absolute Gasteiger partial charge is 0.243 e. The van der Waals surface area contributed by atoms with Gasteiger partial charge in [-0.1, -0.05) is 0 Å².